The van der Waals surface area contributed by atoms with E-state index in [-0.39, 0.29) is 23.5 Å². The Bertz CT molecular complexity index is 985. The van der Waals surface area contributed by atoms with Gasteiger partial charge in [0, 0.05) is 11.4 Å². The van der Waals surface area contributed by atoms with Crippen molar-refractivity contribution in [1.29, 1.82) is 0 Å². The number of benzene rings is 2. The third-order valence-corrected chi connectivity index (χ3v) is 5.38. The number of aliphatic imine (C=N–C) groups is 1. The molecule has 1 amide bonds. The van der Waals surface area contributed by atoms with E-state index in [0.717, 1.165) is 22.6 Å². The van der Waals surface area contributed by atoms with Gasteiger partial charge in [0.1, 0.15) is 0 Å². The second-order valence-electron chi connectivity index (χ2n) is 6.58. The highest BCUT2D eigenvalue weighted by molar-refractivity contribution is 8.15. The highest BCUT2D eigenvalue weighted by Gasteiger charge is 2.20. The van der Waals surface area contributed by atoms with Crippen molar-refractivity contribution in [3.8, 4) is 0 Å². The number of aryl methyl sites for hydroxylation is 1. The van der Waals surface area contributed by atoms with Crippen molar-refractivity contribution >= 4 is 45.7 Å². The van der Waals surface area contributed by atoms with Gasteiger partial charge < -0.3 is 15.4 Å². The summed E-state index contributed by atoms with van der Waals surface area (Å²) in [7, 11) is 1.36. The van der Waals surface area contributed by atoms with E-state index in [1.807, 2.05) is 62.4 Å². The number of carbonyl (C=O) groups is 2. The number of anilines is 2. The van der Waals surface area contributed by atoms with Crippen molar-refractivity contribution in [2.45, 2.75) is 25.5 Å². The van der Waals surface area contributed by atoms with Gasteiger partial charge in [0.25, 0.3) is 0 Å². The number of carbonyl (C=O) groups excluding carboxylic acids is 2. The minimum absolute atomic E-state index is 0.0915. The summed E-state index contributed by atoms with van der Waals surface area (Å²) >= 11 is 1.34. The fourth-order valence-corrected chi connectivity index (χ4v) is 3.64. The minimum Gasteiger partial charge on any atom is -0.469 e. The third kappa shape index (κ3) is 5.48. The Kier molecular flexibility index (Phi) is 6.72. The molecule has 0 aromatic heterocycles. The number of nitrogens with one attached hydrogen (secondary N) is 2. The monoisotopic (exact) mass is 409 g/mol. The molecule has 0 bridgehead atoms. The predicted molar refractivity (Wildman–Crippen MR) is 119 cm³/mol. The van der Waals surface area contributed by atoms with Gasteiger partial charge in [-0.3, -0.25) is 9.59 Å². The molecule has 6 nitrogen and oxygen atoms in total. The van der Waals surface area contributed by atoms with Gasteiger partial charge in [-0.1, -0.05) is 42.1 Å². The van der Waals surface area contributed by atoms with E-state index in [9.17, 15) is 9.59 Å². The topological polar surface area (TPSA) is 79.8 Å². The highest BCUT2D eigenvalue weighted by Crippen LogP contribution is 2.32. The Morgan fingerprint density at radius 3 is 2.66 bits per heavy atom. The third-order valence-electron chi connectivity index (χ3n) is 4.36. The van der Waals surface area contributed by atoms with Crippen molar-refractivity contribution in [1.82, 2.24) is 0 Å². The summed E-state index contributed by atoms with van der Waals surface area (Å²) in [4.78, 5) is 29.1. The molecular formula is C22H23N3O3S. The lowest BCUT2D eigenvalue weighted by molar-refractivity contribution is -0.139. The first kappa shape index (κ1) is 20.7. The number of rotatable bonds is 5. The first-order valence-corrected chi connectivity index (χ1v) is 10.1. The Balaban J connectivity index is 1.80. The molecule has 0 aliphatic carbocycles. The number of methoxy groups -OCH3 is 1. The Morgan fingerprint density at radius 1 is 1.17 bits per heavy atom. The van der Waals surface area contributed by atoms with E-state index in [0.29, 0.717) is 10.7 Å². The van der Waals surface area contributed by atoms with Crippen LogP contribution in [0.15, 0.2) is 65.3 Å². The number of hydrogen-bond donors (Lipinski definition) is 2. The second kappa shape index (κ2) is 9.43. The lowest BCUT2D eigenvalue weighted by Gasteiger charge is -2.13. The van der Waals surface area contributed by atoms with E-state index < -0.39 is 0 Å². The van der Waals surface area contributed by atoms with Crippen LogP contribution in [0.25, 0.3) is 0 Å². The zero-order valence-electron chi connectivity index (χ0n) is 16.6. The van der Waals surface area contributed by atoms with E-state index >= 15 is 0 Å². The Morgan fingerprint density at radius 2 is 1.90 bits per heavy atom. The smallest absolute Gasteiger partial charge is 0.311 e. The van der Waals surface area contributed by atoms with Crippen LogP contribution in [0.3, 0.4) is 0 Å². The van der Waals surface area contributed by atoms with Gasteiger partial charge in [-0.2, -0.15) is 0 Å². The summed E-state index contributed by atoms with van der Waals surface area (Å²) in [5, 5.41) is 6.46. The zero-order valence-corrected chi connectivity index (χ0v) is 17.4. The quantitative estimate of drug-likeness (QED) is 0.702. The number of ether oxygens (including phenoxy) is 1. The molecule has 150 valence electrons. The molecule has 1 atom stereocenters. The molecule has 0 fully saturated rings. The van der Waals surface area contributed by atoms with Crippen LogP contribution in [0.5, 0.6) is 0 Å². The number of amides is 1. The zero-order chi connectivity index (χ0) is 20.8. The number of nitrogens with zero attached hydrogens (tertiary/aromatic N) is 1. The molecule has 1 heterocycles. The Hall–Kier alpha value is -3.06. The fraction of sp³-hybridized carbons (Fsp3) is 0.227. The van der Waals surface area contributed by atoms with Gasteiger partial charge in [-0.05, 0) is 43.7 Å². The lowest BCUT2D eigenvalue weighted by atomic mass is 10.2. The molecule has 0 saturated carbocycles. The normalized spacial score (nSPS) is 13.8. The van der Waals surface area contributed by atoms with Gasteiger partial charge >= 0.3 is 5.97 Å². The fourth-order valence-electron chi connectivity index (χ4n) is 2.75. The SMILES string of the molecule is COC(=O)CC1=CC(SC(C)C(=O)Nc2ccccc2C)=Nc2ccccc2N1. The van der Waals surface area contributed by atoms with Crippen LogP contribution in [0, 0.1) is 6.92 Å². The Labute approximate surface area is 174 Å². The molecule has 0 radical (unpaired) electrons. The maximum Gasteiger partial charge on any atom is 0.311 e. The van der Waals surface area contributed by atoms with Gasteiger partial charge in [-0.25, -0.2) is 4.99 Å². The molecule has 2 aromatic carbocycles. The van der Waals surface area contributed by atoms with Crippen molar-refractivity contribution in [2.24, 2.45) is 4.99 Å². The predicted octanol–water partition coefficient (Wildman–Crippen LogP) is 4.66. The molecule has 7 heteroatoms. The minimum atomic E-state index is -0.380. The van der Waals surface area contributed by atoms with Crippen LogP contribution in [0.1, 0.15) is 18.9 Å². The molecule has 2 aromatic rings. The van der Waals surface area contributed by atoms with E-state index in [1.165, 1.54) is 18.9 Å². The van der Waals surface area contributed by atoms with E-state index in [1.54, 1.807) is 6.08 Å². The summed E-state index contributed by atoms with van der Waals surface area (Å²) in [6.45, 7) is 3.78. The van der Waals surface area contributed by atoms with Crippen LogP contribution in [-0.4, -0.2) is 29.3 Å². The van der Waals surface area contributed by atoms with E-state index in [2.05, 4.69) is 15.6 Å². The molecule has 1 unspecified atom stereocenters. The highest BCUT2D eigenvalue weighted by atomic mass is 32.2. The van der Waals surface area contributed by atoms with E-state index in [4.69, 9.17) is 4.74 Å². The lowest BCUT2D eigenvalue weighted by Crippen LogP contribution is -2.24. The maximum atomic E-state index is 12.7. The molecule has 0 saturated heterocycles. The first-order chi connectivity index (χ1) is 14.0. The summed E-state index contributed by atoms with van der Waals surface area (Å²) in [5.41, 5.74) is 4.01. The second-order valence-corrected chi connectivity index (χ2v) is 7.94. The number of fused-ring (bicyclic) bond motifs is 1. The van der Waals surface area contributed by atoms with Crippen molar-refractivity contribution < 1.29 is 14.3 Å². The summed E-state index contributed by atoms with van der Waals surface area (Å²) in [5.74, 6) is -0.460. The van der Waals surface area contributed by atoms with Crippen LogP contribution >= 0.6 is 11.8 Å². The first-order valence-electron chi connectivity index (χ1n) is 9.21. The van der Waals surface area contributed by atoms with Gasteiger partial charge in [0.2, 0.25) is 5.91 Å². The average Bonchev–Trinajstić information content (AvgIpc) is 2.87. The molecular weight excluding hydrogens is 386 g/mol. The van der Waals surface area contributed by atoms with Crippen molar-refractivity contribution in [3.63, 3.8) is 0 Å². The molecule has 2 N–H and O–H groups in total. The summed E-state index contributed by atoms with van der Waals surface area (Å²) in [6.07, 6.45) is 1.88. The number of thioether (sulfide) groups is 1. The van der Waals surface area contributed by atoms with Gasteiger partial charge in [0.15, 0.2) is 0 Å². The van der Waals surface area contributed by atoms with Crippen LogP contribution in [0.4, 0.5) is 17.1 Å². The van der Waals surface area contributed by atoms with Crippen molar-refractivity contribution in [2.75, 3.05) is 17.7 Å². The number of para-hydroxylation sites is 3. The molecule has 3 rings (SSSR count). The van der Waals surface area contributed by atoms with Gasteiger partial charge in [0.05, 0.1) is 35.2 Å². The van der Waals surface area contributed by atoms with Crippen LogP contribution in [-0.2, 0) is 14.3 Å². The van der Waals surface area contributed by atoms with Crippen molar-refractivity contribution in [3.05, 3.63) is 65.9 Å². The van der Waals surface area contributed by atoms with Gasteiger partial charge in [-0.15, -0.1) is 0 Å². The molecule has 0 spiro atoms. The summed E-state index contributed by atoms with van der Waals surface area (Å²) < 4.78 is 4.78. The number of hydrogen-bond acceptors (Lipinski definition) is 6. The maximum absolute atomic E-state index is 12.7. The standard InChI is InChI=1S/C22H23N3O3S/c1-14-8-4-5-9-17(14)25-22(27)15(2)29-20-12-16(13-21(26)28-3)23-18-10-6-7-11-19(18)24-20/h4-12,15,23H,13H2,1-3H3,(H,25,27). The molecule has 1 aliphatic heterocycles. The summed E-state index contributed by atoms with van der Waals surface area (Å²) in [6, 6.07) is 15.2. The largest absolute Gasteiger partial charge is 0.469 e. The average molecular weight is 410 g/mol. The molecule has 1 aliphatic rings. The van der Waals surface area contributed by atoms with Crippen LogP contribution in [0.2, 0.25) is 0 Å². The van der Waals surface area contributed by atoms with Crippen LogP contribution < -0.4 is 10.6 Å². The molecule has 29 heavy (non-hydrogen) atoms. The number of esters is 1.